The summed E-state index contributed by atoms with van der Waals surface area (Å²) in [6.45, 7) is 1.01. The standard InChI is InChI=1S/C25H24N2O4/c1-30-21-12-8-18(9-13-21)14-15-26-25(29)20-10-6-19(7-11-20)16-27-22-4-2-3-5-23(22)31-17-24(27)28/h2-13H,14-17H2,1H3,(H,26,29). The van der Waals surface area contributed by atoms with Crippen molar-refractivity contribution in [2.24, 2.45) is 0 Å². The van der Waals surface area contributed by atoms with Crippen LogP contribution in [0, 0.1) is 0 Å². The molecule has 1 aliphatic heterocycles. The van der Waals surface area contributed by atoms with Gasteiger partial charge in [0.1, 0.15) is 11.5 Å². The molecule has 0 fully saturated rings. The quantitative estimate of drug-likeness (QED) is 0.639. The van der Waals surface area contributed by atoms with Crippen molar-refractivity contribution < 1.29 is 19.1 Å². The molecule has 1 heterocycles. The van der Waals surface area contributed by atoms with Crippen LogP contribution in [0.4, 0.5) is 5.69 Å². The number of carbonyl (C=O) groups excluding carboxylic acids is 2. The topological polar surface area (TPSA) is 67.9 Å². The fourth-order valence-electron chi connectivity index (χ4n) is 3.49. The minimum atomic E-state index is -0.118. The molecule has 0 saturated carbocycles. The van der Waals surface area contributed by atoms with E-state index in [9.17, 15) is 9.59 Å². The number of methoxy groups -OCH3 is 1. The van der Waals surface area contributed by atoms with E-state index in [-0.39, 0.29) is 18.4 Å². The molecule has 3 aromatic carbocycles. The zero-order chi connectivity index (χ0) is 21.6. The third-order valence-electron chi connectivity index (χ3n) is 5.22. The minimum absolute atomic E-state index is 0.0334. The summed E-state index contributed by atoms with van der Waals surface area (Å²) in [5.41, 5.74) is 3.43. The summed E-state index contributed by atoms with van der Waals surface area (Å²) in [4.78, 5) is 26.5. The Morgan fingerprint density at radius 1 is 1.00 bits per heavy atom. The second-order valence-electron chi connectivity index (χ2n) is 7.29. The molecule has 0 saturated heterocycles. The van der Waals surface area contributed by atoms with Crippen LogP contribution in [0.25, 0.3) is 0 Å². The lowest BCUT2D eigenvalue weighted by molar-refractivity contribution is -0.121. The van der Waals surface area contributed by atoms with Gasteiger partial charge in [0.25, 0.3) is 11.8 Å². The van der Waals surface area contributed by atoms with E-state index in [1.807, 2.05) is 60.7 Å². The van der Waals surface area contributed by atoms with E-state index in [0.29, 0.717) is 24.4 Å². The molecule has 1 N–H and O–H groups in total. The first-order valence-electron chi connectivity index (χ1n) is 10.2. The van der Waals surface area contributed by atoms with E-state index >= 15 is 0 Å². The van der Waals surface area contributed by atoms with Gasteiger partial charge < -0.3 is 19.7 Å². The Bertz CT molecular complexity index is 1060. The first-order valence-corrected chi connectivity index (χ1v) is 10.2. The molecule has 4 rings (SSSR count). The molecule has 0 spiro atoms. The third kappa shape index (κ3) is 4.86. The first-order chi connectivity index (χ1) is 15.1. The molecule has 0 aliphatic carbocycles. The fraction of sp³-hybridized carbons (Fsp3) is 0.200. The van der Waals surface area contributed by atoms with Crippen molar-refractivity contribution in [1.29, 1.82) is 0 Å². The van der Waals surface area contributed by atoms with Crippen LogP contribution in [-0.2, 0) is 17.8 Å². The Balaban J connectivity index is 1.33. The maximum atomic E-state index is 12.4. The molecule has 6 nitrogen and oxygen atoms in total. The van der Waals surface area contributed by atoms with Gasteiger partial charge in [-0.1, -0.05) is 36.4 Å². The highest BCUT2D eigenvalue weighted by Gasteiger charge is 2.25. The average Bonchev–Trinajstić information content (AvgIpc) is 2.82. The van der Waals surface area contributed by atoms with Gasteiger partial charge in [-0.05, 0) is 53.9 Å². The van der Waals surface area contributed by atoms with E-state index in [4.69, 9.17) is 9.47 Å². The molecule has 31 heavy (non-hydrogen) atoms. The highest BCUT2D eigenvalue weighted by molar-refractivity contribution is 5.98. The monoisotopic (exact) mass is 416 g/mol. The molecule has 0 unspecified atom stereocenters. The van der Waals surface area contributed by atoms with Crippen LogP contribution in [0.1, 0.15) is 21.5 Å². The Morgan fingerprint density at radius 3 is 2.45 bits per heavy atom. The number of rotatable bonds is 7. The largest absolute Gasteiger partial charge is 0.497 e. The summed E-state index contributed by atoms with van der Waals surface area (Å²) in [6.07, 6.45) is 0.742. The van der Waals surface area contributed by atoms with Crippen molar-refractivity contribution in [3.8, 4) is 11.5 Å². The van der Waals surface area contributed by atoms with E-state index in [2.05, 4.69) is 5.32 Å². The molecule has 0 atom stereocenters. The van der Waals surface area contributed by atoms with Crippen molar-refractivity contribution >= 4 is 17.5 Å². The zero-order valence-electron chi connectivity index (χ0n) is 17.3. The van der Waals surface area contributed by atoms with E-state index < -0.39 is 0 Å². The van der Waals surface area contributed by atoms with Gasteiger partial charge >= 0.3 is 0 Å². The first kappa shape index (κ1) is 20.5. The molecular weight excluding hydrogens is 392 g/mol. The Labute approximate surface area is 181 Å². The number of hydrogen-bond donors (Lipinski definition) is 1. The molecule has 0 radical (unpaired) electrons. The molecular formula is C25H24N2O4. The van der Waals surface area contributed by atoms with Gasteiger partial charge in [-0.15, -0.1) is 0 Å². The summed E-state index contributed by atoms with van der Waals surface area (Å²) in [7, 11) is 1.64. The van der Waals surface area contributed by atoms with Gasteiger partial charge in [0.2, 0.25) is 0 Å². The lowest BCUT2D eigenvalue weighted by atomic mass is 10.1. The number of hydrogen-bond acceptors (Lipinski definition) is 4. The number of benzene rings is 3. The third-order valence-corrected chi connectivity index (χ3v) is 5.22. The molecule has 6 heteroatoms. The number of nitrogens with one attached hydrogen (secondary N) is 1. The number of para-hydroxylation sites is 2. The zero-order valence-corrected chi connectivity index (χ0v) is 17.3. The number of anilines is 1. The number of nitrogens with zero attached hydrogens (tertiary/aromatic N) is 1. The number of ether oxygens (including phenoxy) is 2. The van der Waals surface area contributed by atoms with Gasteiger partial charge in [0, 0.05) is 12.1 Å². The Morgan fingerprint density at radius 2 is 1.71 bits per heavy atom. The summed E-state index contributed by atoms with van der Waals surface area (Å²) in [5, 5.41) is 2.95. The second-order valence-corrected chi connectivity index (χ2v) is 7.29. The van der Waals surface area contributed by atoms with Gasteiger partial charge in [0.05, 0.1) is 19.3 Å². The predicted molar refractivity (Wildman–Crippen MR) is 119 cm³/mol. The van der Waals surface area contributed by atoms with Crippen molar-refractivity contribution in [3.05, 3.63) is 89.5 Å². The molecule has 0 bridgehead atoms. The minimum Gasteiger partial charge on any atom is -0.497 e. The summed E-state index contributed by atoms with van der Waals surface area (Å²) >= 11 is 0. The number of amides is 2. The van der Waals surface area contributed by atoms with Crippen LogP contribution in [0.2, 0.25) is 0 Å². The lowest BCUT2D eigenvalue weighted by Crippen LogP contribution is -2.38. The average molecular weight is 416 g/mol. The number of carbonyl (C=O) groups is 2. The molecule has 0 aromatic heterocycles. The van der Waals surface area contributed by atoms with Crippen LogP contribution in [-0.4, -0.2) is 32.1 Å². The molecule has 3 aromatic rings. The normalized spacial score (nSPS) is 12.7. The van der Waals surface area contributed by atoms with Gasteiger partial charge in [-0.25, -0.2) is 0 Å². The maximum Gasteiger partial charge on any atom is 0.265 e. The van der Waals surface area contributed by atoms with Crippen LogP contribution < -0.4 is 19.7 Å². The van der Waals surface area contributed by atoms with Crippen LogP contribution in [0.15, 0.2) is 72.8 Å². The highest BCUT2D eigenvalue weighted by Crippen LogP contribution is 2.32. The van der Waals surface area contributed by atoms with Gasteiger partial charge in [0.15, 0.2) is 6.61 Å². The van der Waals surface area contributed by atoms with Crippen molar-refractivity contribution in [2.45, 2.75) is 13.0 Å². The lowest BCUT2D eigenvalue weighted by Gasteiger charge is -2.29. The molecule has 2 amide bonds. The number of fused-ring (bicyclic) bond motifs is 1. The van der Waals surface area contributed by atoms with Crippen LogP contribution >= 0.6 is 0 Å². The van der Waals surface area contributed by atoms with Crippen LogP contribution in [0.5, 0.6) is 11.5 Å². The van der Waals surface area contributed by atoms with E-state index in [1.54, 1.807) is 24.1 Å². The molecule has 158 valence electrons. The predicted octanol–water partition coefficient (Wildman–Crippen LogP) is 3.59. The summed E-state index contributed by atoms with van der Waals surface area (Å²) in [5.74, 6) is 1.32. The SMILES string of the molecule is COc1ccc(CCNC(=O)c2ccc(CN3C(=O)COc4ccccc43)cc2)cc1. The second kappa shape index (κ2) is 9.34. The Hall–Kier alpha value is -3.80. The highest BCUT2D eigenvalue weighted by atomic mass is 16.5. The van der Waals surface area contributed by atoms with Gasteiger partial charge in [-0.2, -0.15) is 0 Å². The van der Waals surface area contributed by atoms with E-state index in [1.165, 1.54) is 0 Å². The summed E-state index contributed by atoms with van der Waals surface area (Å²) in [6, 6.07) is 22.6. The molecule has 1 aliphatic rings. The van der Waals surface area contributed by atoms with Crippen molar-refractivity contribution in [3.63, 3.8) is 0 Å². The maximum absolute atomic E-state index is 12.4. The smallest absolute Gasteiger partial charge is 0.265 e. The van der Waals surface area contributed by atoms with Gasteiger partial charge in [-0.3, -0.25) is 9.59 Å². The van der Waals surface area contributed by atoms with E-state index in [0.717, 1.165) is 29.0 Å². The Kier molecular flexibility index (Phi) is 6.17. The van der Waals surface area contributed by atoms with Crippen LogP contribution in [0.3, 0.4) is 0 Å². The fourth-order valence-corrected chi connectivity index (χ4v) is 3.49. The van der Waals surface area contributed by atoms with Crippen molar-refractivity contribution in [2.75, 3.05) is 25.2 Å². The summed E-state index contributed by atoms with van der Waals surface area (Å²) < 4.78 is 10.6. The van der Waals surface area contributed by atoms with Crippen molar-refractivity contribution in [1.82, 2.24) is 5.32 Å².